The van der Waals surface area contributed by atoms with Gasteiger partial charge in [-0.3, -0.25) is 19.7 Å². The second kappa shape index (κ2) is 5.84. The lowest BCUT2D eigenvalue weighted by molar-refractivity contribution is -0.384. The average Bonchev–Trinajstić information content (AvgIpc) is 2.47. The van der Waals surface area contributed by atoms with Crippen molar-refractivity contribution in [1.82, 2.24) is 4.57 Å². The fraction of sp³-hybridized carbons (Fsp3) is 0.286. The third-order valence-electron chi connectivity index (χ3n) is 3.04. The van der Waals surface area contributed by atoms with Gasteiger partial charge in [-0.25, -0.2) is 0 Å². The number of esters is 1. The Morgan fingerprint density at radius 2 is 2.05 bits per heavy atom. The first kappa shape index (κ1) is 15.5. The molecule has 2 aromatic rings. The first-order valence-corrected chi connectivity index (χ1v) is 6.49. The van der Waals surface area contributed by atoms with E-state index in [0.717, 1.165) is 0 Å². The van der Waals surface area contributed by atoms with E-state index in [1.54, 1.807) is 6.92 Å². The number of hydrogen-bond donors (Lipinski definition) is 0. The molecule has 1 aromatic heterocycles. The molecule has 0 aliphatic carbocycles. The van der Waals surface area contributed by atoms with Gasteiger partial charge in [-0.2, -0.15) is 0 Å². The molecular weight excluding hydrogens is 292 g/mol. The summed E-state index contributed by atoms with van der Waals surface area (Å²) < 4.78 is 11.6. The molecule has 0 saturated carbocycles. The Kier molecular flexibility index (Phi) is 4.11. The predicted molar refractivity (Wildman–Crippen MR) is 78.3 cm³/mol. The molecule has 0 bridgehead atoms. The van der Waals surface area contributed by atoms with Gasteiger partial charge < -0.3 is 14.0 Å². The number of carbonyl (C=O) groups excluding carboxylic acids is 1. The Balaban J connectivity index is 2.87. The fourth-order valence-electron chi connectivity index (χ4n) is 2.11. The lowest BCUT2D eigenvalue weighted by Gasteiger charge is -2.14. The van der Waals surface area contributed by atoms with Crippen molar-refractivity contribution in [2.24, 2.45) is 7.05 Å². The number of nitro groups is 1. The number of non-ortho nitro benzene ring substituents is 1. The number of rotatable bonds is 4. The Morgan fingerprint density at radius 3 is 2.59 bits per heavy atom. The van der Waals surface area contributed by atoms with Crippen molar-refractivity contribution >= 4 is 22.6 Å². The van der Waals surface area contributed by atoms with E-state index in [-0.39, 0.29) is 23.8 Å². The van der Waals surface area contributed by atoms with Crippen molar-refractivity contribution in [3.8, 4) is 11.5 Å². The third-order valence-corrected chi connectivity index (χ3v) is 3.04. The van der Waals surface area contributed by atoms with Crippen LogP contribution in [0.15, 0.2) is 23.0 Å². The monoisotopic (exact) mass is 306 g/mol. The normalized spacial score (nSPS) is 10.5. The third kappa shape index (κ3) is 2.62. The highest BCUT2D eigenvalue weighted by Crippen LogP contribution is 2.34. The zero-order chi connectivity index (χ0) is 16.4. The maximum absolute atomic E-state index is 12.3. The Hall–Kier alpha value is -2.90. The van der Waals surface area contributed by atoms with Gasteiger partial charge in [-0.1, -0.05) is 0 Å². The van der Waals surface area contributed by atoms with E-state index in [4.69, 9.17) is 9.47 Å². The van der Waals surface area contributed by atoms with Crippen LogP contribution in [0.3, 0.4) is 0 Å². The maximum Gasteiger partial charge on any atom is 0.308 e. The highest BCUT2D eigenvalue weighted by atomic mass is 16.6. The molecule has 1 heterocycles. The molecule has 0 aliphatic rings. The van der Waals surface area contributed by atoms with Crippen LogP contribution in [0.1, 0.15) is 13.8 Å². The zero-order valence-corrected chi connectivity index (χ0v) is 12.3. The topological polar surface area (TPSA) is 101 Å². The molecule has 8 nitrogen and oxygen atoms in total. The molecule has 0 amide bonds. The Bertz CT molecular complexity index is 824. The van der Waals surface area contributed by atoms with Crippen molar-refractivity contribution < 1.29 is 19.2 Å². The molecule has 0 spiro atoms. The Morgan fingerprint density at radius 1 is 1.36 bits per heavy atom. The van der Waals surface area contributed by atoms with Crippen LogP contribution in [-0.4, -0.2) is 22.1 Å². The summed E-state index contributed by atoms with van der Waals surface area (Å²) in [4.78, 5) is 33.9. The summed E-state index contributed by atoms with van der Waals surface area (Å²) >= 11 is 0. The minimum absolute atomic E-state index is 0.102. The molecule has 2 rings (SSSR count). The number of aromatic nitrogens is 1. The lowest BCUT2D eigenvalue weighted by atomic mass is 10.1. The van der Waals surface area contributed by atoms with Crippen LogP contribution in [0.4, 0.5) is 5.69 Å². The van der Waals surface area contributed by atoms with Crippen LogP contribution < -0.4 is 15.0 Å². The minimum atomic E-state index is -0.653. The van der Waals surface area contributed by atoms with E-state index in [1.807, 2.05) is 0 Å². The maximum atomic E-state index is 12.3. The summed E-state index contributed by atoms with van der Waals surface area (Å²) in [6.45, 7) is 3.13. The summed E-state index contributed by atoms with van der Waals surface area (Å²) in [5.74, 6) is -0.775. The molecule has 0 fully saturated rings. The number of pyridine rings is 1. The number of fused-ring (bicyclic) bond motifs is 1. The van der Waals surface area contributed by atoms with Crippen LogP contribution in [0.5, 0.6) is 11.5 Å². The van der Waals surface area contributed by atoms with Gasteiger partial charge in [-0.05, 0) is 13.0 Å². The first-order valence-electron chi connectivity index (χ1n) is 6.49. The van der Waals surface area contributed by atoms with Gasteiger partial charge in [0, 0.05) is 31.5 Å². The van der Waals surface area contributed by atoms with Crippen molar-refractivity contribution in [3.05, 3.63) is 38.7 Å². The number of hydrogen-bond acceptors (Lipinski definition) is 6. The number of aryl methyl sites for hydroxylation is 1. The van der Waals surface area contributed by atoms with Crippen LogP contribution >= 0.6 is 0 Å². The summed E-state index contributed by atoms with van der Waals surface area (Å²) in [7, 11) is 1.44. The molecular formula is C14H14N2O6. The van der Waals surface area contributed by atoms with E-state index < -0.39 is 16.5 Å². The number of carbonyl (C=O) groups is 1. The molecule has 0 saturated heterocycles. The van der Waals surface area contributed by atoms with Gasteiger partial charge in [0.05, 0.1) is 17.0 Å². The van der Waals surface area contributed by atoms with E-state index in [1.165, 1.54) is 36.7 Å². The van der Waals surface area contributed by atoms with Gasteiger partial charge in [-0.15, -0.1) is 0 Å². The number of ether oxygens (including phenoxy) is 2. The molecule has 0 radical (unpaired) electrons. The smallest absolute Gasteiger partial charge is 0.308 e. The van der Waals surface area contributed by atoms with E-state index in [2.05, 4.69) is 0 Å². The SMILES string of the molecule is CCOc1c(OC(C)=O)c(=O)n(C)c2cc([N+](=O)[O-])ccc12. The van der Waals surface area contributed by atoms with Gasteiger partial charge >= 0.3 is 5.97 Å². The van der Waals surface area contributed by atoms with Gasteiger partial charge in [0.1, 0.15) is 0 Å². The standard InChI is InChI=1S/C14H14N2O6/c1-4-21-12-10-6-5-9(16(19)20)7-11(10)15(3)14(18)13(12)22-8(2)17/h5-7H,4H2,1-3H3. The molecule has 116 valence electrons. The second-order valence-corrected chi connectivity index (χ2v) is 4.51. The second-order valence-electron chi connectivity index (χ2n) is 4.51. The quantitative estimate of drug-likeness (QED) is 0.485. The van der Waals surface area contributed by atoms with Crippen molar-refractivity contribution in [2.75, 3.05) is 6.61 Å². The van der Waals surface area contributed by atoms with Crippen molar-refractivity contribution in [1.29, 1.82) is 0 Å². The number of benzene rings is 1. The summed E-state index contributed by atoms with van der Waals surface area (Å²) in [6, 6.07) is 4.04. The van der Waals surface area contributed by atoms with E-state index >= 15 is 0 Å². The largest absolute Gasteiger partial charge is 0.489 e. The van der Waals surface area contributed by atoms with E-state index in [0.29, 0.717) is 10.9 Å². The van der Waals surface area contributed by atoms with Crippen LogP contribution in [0.25, 0.3) is 10.9 Å². The average molecular weight is 306 g/mol. The highest BCUT2D eigenvalue weighted by Gasteiger charge is 2.21. The van der Waals surface area contributed by atoms with Crippen LogP contribution in [0.2, 0.25) is 0 Å². The molecule has 1 aromatic carbocycles. The van der Waals surface area contributed by atoms with Crippen molar-refractivity contribution in [3.63, 3.8) is 0 Å². The van der Waals surface area contributed by atoms with Crippen LogP contribution in [-0.2, 0) is 11.8 Å². The predicted octanol–water partition coefficient (Wildman–Crippen LogP) is 1.77. The Labute approximate surface area is 125 Å². The van der Waals surface area contributed by atoms with E-state index in [9.17, 15) is 19.7 Å². The fourth-order valence-corrected chi connectivity index (χ4v) is 2.11. The van der Waals surface area contributed by atoms with Crippen LogP contribution in [0, 0.1) is 10.1 Å². The highest BCUT2D eigenvalue weighted by molar-refractivity contribution is 5.90. The molecule has 22 heavy (non-hydrogen) atoms. The molecule has 0 aliphatic heterocycles. The lowest BCUT2D eigenvalue weighted by Crippen LogP contribution is -2.22. The molecule has 0 unspecified atom stereocenters. The summed E-state index contributed by atoms with van der Waals surface area (Å²) in [5, 5.41) is 11.3. The van der Waals surface area contributed by atoms with Gasteiger partial charge in [0.15, 0.2) is 5.75 Å². The molecule has 0 atom stereocenters. The van der Waals surface area contributed by atoms with Crippen molar-refractivity contribution in [2.45, 2.75) is 13.8 Å². The van der Waals surface area contributed by atoms with Gasteiger partial charge in [0.2, 0.25) is 5.75 Å². The summed E-state index contributed by atoms with van der Waals surface area (Å²) in [6.07, 6.45) is 0. The number of nitrogens with zero attached hydrogens (tertiary/aromatic N) is 2. The number of nitro benzene ring substituents is 1. The minimum Gasteiger partial charge on any atom is -0.489 e. The summed E-state index contributed by atoms with van der Waals surface area (Å²) in [5.41, 5.74) is -0.435. The molecule has 0 N–H and O–H groups in total. The first-order chi connectivity index (χ1) is 10.4. The molecule has 8 heteroatoms. The zero-order valence-electron chi connectivity index (χ0n) is 12.3. The van der Waals surface area contributed by atoms with Gasteiger partial charge in [0.25, 0.3) is 11.2 Å².